The van der Waals surface area contributed by atoms with Crippen LogP contribution in [0.2, 0.25) is 10.0 Å². The molecule has 0 spiro atoms. The molecule has 0 radical (unpaired) electrons. The molecule has 0 aliphatic carbocycles. The van der Waals surface area contributed by atoms with E-state index < -0.39 is 15.6 Å². The Bertz CT molecular complexity index is 861. The van der Waals surface area contributed by atoms with E-state index in [-0.39, 0.29) is 26.8 Å². The zero-order chi connectivity index (χ0) is 18.1. The highest BCUT2D eigenvalue weighted by Crippen LogP contribution is 2.36. The van der Waals surface area contributed by atoms with Gasteiger partial charge in [0.1, 0.15) is 10.6 Å². The van der Waals surface area contributed by atoms with Crippen molar-refractivity contribution in [2.75, 3.05) is 0 Å². The number of sulfone groups is 1. The third kappa shape index (κ3) is 4.35. The monoisotopic (exact) mass is 388 g/mol. The first-order valence-electron chi connectivity index (χ1n) is 7.27. The Hall–Kier alpha value is -1.43. The first-order valence-corrected chi connectivity index (χ1v) is 9.68. The number of phenols is 1. The van der Waals surface area contributed by atoms with E-state index in [0.29, 0.717) is 11.3 Å². The summed E-state index contributed by atoms with van der Waals surface area (Å²) >= 11 is 11.7. The highest BCUT2D eigenvalue weighted by molar-refractivity contribution is 7.90. The maximum absolute atomic E-state index is 12.7. The number of rotatable bonds is 5. The minimum atomic E-state index is -3.86. The number of aromatic hydroxyl groups is 1. The SMILES string of the molecule is Cc1ccc(OC(C)C)c(CS(=O)(=O)c2cc(Cl)cc(Cl)c2O)c1. The van der Waals surface area contributed by atoms with E-state index in [2.05, 4.69) is 0 Å². The highest BCUT2D eigenvalue weighted by Gasteiger charge is 2.24. The van der Waals surface area contributed by atoms with Crippen LogP contribution in [0, 0.1) is 6.92 Å². The molecule has 0 aromatic heterocycles. The molecule has 2 aromatic rings. The standard InChI is InChI=1S/C17H18Cl2O4S/c1-10(2)23-15-5-4-11(3)6-12(15)9-24(21,22)16-8-13(18)7-14(19)17(16)20/h4-8,10,20H,9H2,1-3H3. The normalized spacial score (nSPS) is 11.8. The molecule has 1 N–H and O–H groups in total. The predicted molar refractivity (Wildman–Crippen MR) is 96.0 cm³/mol. The van der Waals surface area contributed by atoms with Gasteiger partial charge in [0.25, 0.3) is 0 Å². The smallest absolute Gasteiger partial charge is 0.186 e. The van der Waals surface area contributed by atoms with Crippen LogP contribution in [-0.2, 0) is 15.6 Å². The summed E-state index contributed by atoms with van der Waals surface area (Å²) in [5.41, 5.74) is 1.42. The molecule has 0 unspecified atom stereocenters. The number of aryl methyl sites for hydroxylation is 1. The van der Waals surface area contributed by atoms with E-state index in [1.54, 1.807) is 12.1 Å². The first kappa shape index (κ1) is 18.9. The summed E-state index contributed by atoms with van der Waals surface area (Å²) in [6, 6.07) is 7.82. The van der Waals surface area contributed by atoms with Gasteiger partial charge in [-0.1, -0.05) is 40.9 Å². The van der Waals surface area contributed by atoms with Gasteiger partial charge in [-0.25, -0.2) is 8.42 Å². The molecule has 0 saturated carbocycles. The molecule has 2 aromatic carbocycles. The quantitative estimate of drug-likeness (QED) is 0.800. The van der Waals surface area contributed by atoms with Crippen molar-refractivity contribution in [3.05, 3.63) is 51.5 Å². The Morgan fingerprint density at radius 2 is 1.83 bits per heavy atom. The summed E-state index contributed by atoms with van der Waals surface area (Å²) in [5.74, 6) is -0.340. The lowest BCUT2D eigenvalue weighted by Gasteiger charge is -2.16. The van der Waals surface area contributed by atoms with Gasteiger partial charge in [-0.2, -0.15) is 0 Å². The summed E-state index contributed by atoms with van der Waals surface area (Å²) in [6.45, 7) is 5.59. The van der Waals surface area contributed by atoms with Gasteiger partial charge >= 0.3 is 0 Å². The summed E-state index contributed by atoms with van der Waals surface area (Å²) in [5, 5.41) is 10.0. The predicted octanol–water partition coefficient (Wildman–Crippen LogP) is 4.77. The van der Waals surface area contributed by atoms with Crippen molar-refractivity contribution >= 4 is 33.0 Å². The molecule has 7 heteroatoms. The van der Waals surface area contributed by atoms with Crippen LogP contribution in [0.3, 0.4) is 0 Å². The van der Waals surface area contributed by atoms with Crippen LogP contribution in [0.25, 0.3) is 0 Å². The van der Waals surface area contributed by atoms with Crippen molar-refractivity contribution in [1.29, 1.82) is 0 Å². The van der Waals surface area contributed by atoms with Crippen molar-refractivity contribution in [3.8, 4) is 11.5 Å². The maximum Gasteiger partial charge on any atom is 0.186 e. The van der Waals surface area contributed by atoms with Crippen LogP contribution < -0.4 is 4.74 Å². The summed E-state index contributed by atoms with van der Waals surface area (Å²) in [7, 11) is -3.86. The van der Waals surface area contributed by atoms with Crippen molar-refractivity contribution in [2.45, 2.75) is 37.5 Å². The molecular formula is C17H18Cl2O4S. The number of hydrogen-bond donors (Lipinski definition) is 1. The van der Waals surface area contributed by atoms with Crippen molar-refractivity contribution in [2.24, 2.45) is 0 Å². The lowest BCUT2D eigenvalue weighted by atomic mass is 10.1. The van der Waals surface area contributed by atoms with Gasteiger partial charge < -0.3 is 9.84 Å². The fraction of sp³-hybridized carbons (Fsp3) is 0.294. The van der Waals surface area contributed by atoms with Crippen LogP contribution in [0.5, 0.6) is 11.5 Å². The highest BCUT2D eigenvalue weighted by atomic mass is 35.5. The second kappa shape index (κ2) is 7.21. The third-order valence-electron chi connectivity index (χ3n) is 3.25. The lowest BCUT2D eigenvalue weighted by molar-refractivity contribution is 0.240. The molecule has 0 bridgehead atoms. The fourth-order valence-corrected chi connectivity index (χ4v) is 4.37. The summed E-state index contributed by atoms with van der Waals surface area (Å²) in [4.78, 5) is -0.294. The van der Waals surface area contributed by atoms with Crippen LogP contribution in [0.1, 0.15) is 25.0 Å². The third-order valence-corrected chi connectivity index (χ3v) is 5.43. The Morgan fingerprint density at radius 3 is 2.46 bits per heavy atom. The Labute approximate surface area is 151 Å². The second-order valence-corrected chi connectivity index (χ2v) is 8.57. The molecule has 0 fully saturated rings. The molecule has 130 valence electrons. The minimum Gasteiger partial charge on any atom is -0.505 e. The van der Waals surface area contributed by atoms with Gasteiger partial charge in [0.2, 0.25) is 0 Å². The van der Waals surface area contributed by atoms with Crippen molar-refractivity contribution in [1.82, 2.24) is 0 Å². The number of ether oxygens (including phenoxy) is 1. The van der Waals surface area contributed by atoms with Crippen molar-refractivity contribution in [3.63, 3.8) is 0 Å². The van der Waals surface area contributed by atoms with Crippen LogP contribution in [0.4, 0.5) is 0 Å². The van der Waals surface area contributed by atoms with Crippen LogP contribution in [0.15, 0.2) is 35.2 Å². The van der Waals surface area contributed by atoms with E-state index >= 15 is 0 Å². The second-order valence-electron chi connectivity index (χ2n) is 5.77. The van der Waals surface area contributed by atoms with E-state index in [9.17, 15) is 13.5 Å². The molecule has 0 atom stereocenters. The molecular weight excluding hydrogens is 371 g/mol. The molecule has 0 saturated heterocycles. The Balaban J connectivity index is 2.49. The first-order chi connectivity index (χ1) is 11.1. The number of benzene rings is 2. The van der Waals surface area contributed by atoms with Gasteiger partial charge in [0.15, 0.2) is 15.6 Å². The van der Waals surface area contributed by atoms with Gasteiger partial charge in [-0.3, -0.25) is 0 Å². The summed E-state index contributed by atoms with van der Waals surface area (Å²) < 4.78 is 31.2. The van der Waals surface area contributed by atoms with Crippen molar-refractivity contribution < 1.29 is 18.3 Å². The molecule has 24 heavy (non-hydrogen) atoms. The molecule has 0 aliphatic rings. The van der Waals surface area contributed by atoms with Gasteiger partial charge in [0, 0.05) is 10.6 Å². The van der Waals surface area contributed by atoms with Crippen LogP contribution >= 0.6 is 23.2 Å². The Morgan fingerprint density at radius 1 is 1.17 bits per heavy atom. The minimum absolute atomic E-state index is 0.0943. The molecule has 4 nitrogen and oxygen atoms in total. The molecule has 0 heterocycles. The lowest BCUT2D eigenvalue weighted by Crippen LogP contribution is -2.11. The average molecular weight is 389 g/mol. The van der Waals surface area contributed by atoms with E-state index in [1.165, 1.54) is 12.1 Å². The largest absolute Gasteiger partial charge is 0.505 e. The summed E-state index contributed by atoms with van der Waals surface area (Å²) in [6.07, 6.45) is -0.0943. The van der Waals surface area contributed by atoms with Gasteiger partial charge in [0.05, 0.1) is 16.9 Å². The zero-order valence-corrected chi connectivity index (χ0v) is 15.8. The van der Waals surface area contributed by atoms with Gasteiger partial charge in [-0.15, -0.1) is 0 Å². The van der Waals surface area contributed by atoms with E-state index in [0.717, 1.165) is 5.56 Å². The van der Waals surface area contributed by atoms with Gasteiger partial charge in [-0.05, 0) is 39.0 Å². The number of hydrogen-bond acceptors (Lipinski definition) is 4. The molecule has 0 aliphatic heterocycles. The topological polar surface area (TPSA) is 63.6 Å². The maximum atomic E-state index is 12.7. The molecule has 0 amide bonds. The molecule has 2 rings (SSSR count). The van der Waals surface area contributed by atoms with E-state index in [1.807, 2.05) is 26.8 Å². The Kier molecular flexibility index (Phi) is 5.68. The van der Waals surface area contributed by atoms with Crippen LogP contribution in [-0.4, -0.2) is 19.6 Å². The number of phenolic OH excluding ortho intramolecular Hbond substituents is 1. The fourth-order valence-electron chi connectivity index (χ4n) is 2.25. The zero-order valence-electron chi connectivity index (χ0n) is 13.5. The van der Waals surface area contributed by atoms with E-state index in [4.69, 9.17) is 27.9 Å². The average Bonchev–Trinajstić information content (AvgIpc) is 2.45. The number of halogens is 2.